The van der Waals surface area contributed by atoms with E-state index in [2.05, 4.69) is 32.3 Å². The molecule has 0 bridgehead atoms. The van der Waals surface area contributed by atoms with Crippen LogP contribution in [0.1, 0.15) is 18.4 Å². The van der Waals surface area contributed by atoms with Gasteiger partial charge in [-0.3, -0.25) is 0 Å². The summed E-state index contributed by atoms with van der Waals surface area (Å²) >= 11 is 3.42. The van der Waals surface area contributed by atoms with E-state index in [1.807, 2.05) is 6.92 Å². The second kappa shape index (κ2) is 4.79. The fraction of sp³-hybridized carbons (Fsp3) is 0.615. The zero-order chi connectivity index (χ0) is 12.7. The molecule has 4 atom stereocenters. The molecule has 5 heteroatoms. The summed E-state index contributed by atoms with van der Waals surface area (Å²) in [6.45, 7) is 2.91. The highest BCUT2D eigenvalue weighted by atomic mass is 79.9. The summed E-state index contributed by atoms with van der Waals surface area (Å²) in [7, 11) is 0. The maximum atomic E-state index is 6.23. The van der Waals surface area contributed by atoms with E-state index in [-0.39, 0.29) is 18.2 Å². The van der Waals surface area contributed by atoms with Gasteiger partial charge in [0.2, 0.25) is 0 Å². The van der Waals surface area contributed by atoms with Crippen molar-refractivity contribution in [3.8, 4) is 0 Å². The minimum Gasteiger partial charge on any atom is -0.376 e. The molecule has 0 amide bonds. The average molecular weight is 312 g/mol. The number of halogens is 1. The highest BCUT2D eigenvalue weighted by molar-refractivity contribution is 9.10. The van der Waals surface area contributed by atoms with Crippen LogP contribution < -0.4 is 11.1 Å². The van der Waals surface area contributed by atoms with Crippen LogP contribution in [-0.2, 0) is 4.74 Å². The van der Waals surface area contributed by atoms with Crippen molar-refractivity contribution in [3.63, 3.8) is 0 Å². The maximum Gasteiger partial charge on any atom is 0.129 e. The van der Waals surface area contributed by atoms with Gasteiger partial charge >= 0.3 is 0 Å². The van der Waals surface area contributed by atoms with Gasteiger partial charge in [0.25, 0.3) is 0 Å². The van der Waals surface area contributed by atoms with Gasteiger partial charge in [0.1, 0.15) is 5.82 Å². The van der Waals surface area contributed by atoms with Crippen LogP contribution in [0.4, 0.5) is 5.82 Å². The Kier molecular flexibility index (Phi) is 3.30. The van der Waals surface area contributed by atoms with Crippen molar-refractivity contribution in [1.29, 1.82) is 0 Å². The molecule has 98 valence electrons. The third kappa shape index (κ3) is 2.04. The summed E-state index contributed by atoms with van der Waals surface area (Å²) in [5, 5.41) is 3.44. The summed E-state index contributed by atoms with van der Waals surface area (Å²) in [6, 6.07) is 2.43. The molecular weight excluding hydrogens is 294 g/mol. The van der Waals surface area contributed by atoms with Gasteiger partial charge in [-0.15, -0.1) is 0 Å². The topological polar surface area (TPSA) is 60.2 Å². The van der Waals surface area contributed by atoms with Crippen molar-refractivity contribution in [2.45, 2.75) is 38.0 Å². The lowest BCUT2D eigenvalue weighted by molar-refractivity contribution is -0.104. The fourth-order valence-electron chi connectivity index (χ4n) is 2.98. The number of rotatable bonds is 2. The van der Waals surface area contributed by atoms with Crippen LogP contribution in [0.3, 0.4) is 0 Å². The Morgan fingerprint density at radius 1 is 1.56 bits per heavy atom. The number of aromatic nitrogens is 1. The number of ether oxygens (including phenoxy) is 1. The summed E-state index contributed by atoms with van der Waals surface area (Å²) < 4.78 is 6.81. The number of aryl methyl sites for hydroxylation is 1. The van der Waals surface area contributed by atoms with Crippen molar-refractivity contribution in [3.05, 3.63) is 22.3 Å². The van der Waals surface area contributed by atoms with E-state index in [1.165, 1.54) is 6.42 Å². The number of fused-ring (bicyclic) bond motifs is 1. The third-order valence-corrected chi connectivity index (χ3v) is 4.46. The maximum absolute atomic E-state index is 6.23. The number of pyridine rings is 1. The zero-order valence-corrected chi connectivity index (χ0v) is 12.0. The predicted octanol–water partition coefficient (Wildman–Crippen LogP) is 2.07. The lowest BCUT2D eigenvalue weighted by Gasteiger charge is -2.52. The summed E-state index contributed by atoms with van der Waals surface area (Å²) in [4.78, 5) is 4.40. The Bertz CT molecular complexity index is 454. The number of hydrogen-bond donors (Lipinski definition) is 2. The van der Waals surface area contributed by atoms with E-state index in [0.717, 1.165) is 28.9 Å². The van der Waals surface area contributed by atoms with Crippen LogP contribution in [0.15, 0.2) is 16.7 Å². The van der Waals surface area contributed by atoms with Crippen molar-refractivity contribution in [1.82, 2.24) is 4.98 Å². The normalized spacial score (nSPS) is 34.6. The third-order valence-electron chi connectivity index (χ3n) is 4.03. The lowest BCUT2D eigenvalue weighted by atomic mass is 9.68. The monoisotopic (exact) mass is 311 g/mol. The van der Waals surface area contributed by atoms with Crippen LogP contribution >= 0.6 is 15.9 Å². The van der Waals surface area contributed by atoms with Crippen LogP contribution in [0.25, 0.3) is 0 Å². The molecule has 1 aromatic rings. The smallest absolute Gasteiger partial charge is 0.129 e. The highest BCUT2D eigenvalue weighted by Crippen LogP contribution is 2.38. The van der Waals surface area contributed by atoms with Gasteiger partial charge in [-0.2, -0.15) is 0 Å². The molecule has 4 unspecified atom stereocenters. The second-order valence-electron chi connectivity index (χ2n) is 5.21. The lowest BCUT2D eigenvalue weighted by Crippen LogP contribution is -2.69. The zero-order valence-electron chi connectivity index (χ0n) is 10.4. The molecule has 18 heavy (non-hydrogen) atoms. The molecule has 3 rings (SSSR count). The Hall–Kier alpha value is -0.650. The van der Waals surface area contributed by atoms with Gasteiger partial charge in [-0.25, -0.2) is 4.98 Å². The molecule has 4 nitrogen and oxygen atoms in total. The summed E-state index contributed by atoms with van der Waals surface area (Å²) in [5.74, 6) is 1.43. The van der Waals surface area contributed by atoms with Gasteiger partial charge in [0.05, 0.1) is 12.1 Å². The number of nitrogens with two attached hydrogens (primary N) is 1. The van der Waals surface area contributed by atoms with Crippen LogP contribution in [0.5, 0.6) is 0 Å². The molecule has 2 fully saturated rings. The van der Waals surface area contributed by atoms with Gasteiger partial charge in [-0.1, -0.05) is 0 Å². The number of nitrogens with one attached hydrogen (secondary N) is 1. The van der Waals surface area contributed by atoms with Crippen molar-refractivity contribution in [2.24, 2.45) is 11.7 Å². The molecule has 2 aliphatic rings. The molecular formula is C13H18BrN3O. The van der Waals surface area contributed by atoms with Crippen molar-refractivity contribution < 1.29 is 4.74 Å². The van der Waals surface area contributed by atoms with Crippen molar-refractivity contribution >= 4 is 21.7 Å². The molecule has 3 N–H and O–H groups in total. The van der Waals surface area contributed by atoms with E-state index in [1.54, 1.807) is 6.20 Å². The van der Waals surface area contributed by atoms with Crippen LogP contribution in [-0.4, -0.2) is 29.8 Å². The van der Waals surface area contributed by atoms with E-state index in [0.29, 0.717) is 5.92 Å². The Labute approximate surface area is 115 Å². The number of nitrogens with zero attached hydrogens (tertiary/aromatic N) is 1. The molecule has 0 aromatic carbocycles. The SMILES string of the molecule is Cc1cc(Br)cnc1NC1C(N)C2CCCOC21. The minimum absolute atomic E-state index is 0.181. The first-order valence-electron chi connectivity index (χ1n) is 6.42. The number of anilines is 1. The molecule has 1 aliphatic heterocycles. The summed E-state index contributed by atoms with van der Waals surface area (Å²) in [5.41, 5.74) is 7.35. The Morgan fingerprint density at radius 3 is 3.17 bits per heavy atom. The molecule has 0 spiro atoms. The predicted molar refractivity (Wildman–Crippen MR) is 74.5 cm³/mol. The molecule has 1 saturated carbocycles. The highest BCUT2D eigenvalue weighted by Gasteiger charge is 2.50. The minimum atomic E-state index is 0.181. The van der Waals surface area contributed by atoms with Crippen LogP contribution in [0, 0.1) is 12.8 Å². The second-order valence-corrected chi connectivity index (χ2v) is 6.12. The van der Waals surface area contributed by atoms with E-state index < -0.39 is 0 Å². The molecule has 1 aromatic heterocycles. The number of hydrogen-bond acceptors (Lipinski definition) is 4. The average Bonchev–Trinajstić information content (AvgIpc) is 2.37. The van der Waals surface area contributed by atoms with Crippen LogP contribution in [0.2, 0.25) is 0 Å². The summed E-state index contributed by atoms with van der Waals surface area (Å²) in [6.07, 6.45) is 4.39. The quantitative estimate of drug-likeness (QED) is 0.878. The fourth-order valence-corrected chi connectivity index (χ4v) is 3.42. The Morgan fingerprint density at radius 2 is 2.39 bits per heavy atom. The largest absolute Gasteiger partial charge is 0.376 e. The van der Waals surface area contributed by atoms with E-state index >= 15 is 0 Å². The first kappa shape index (κ1) is 12.4. The van der Waals surface area contributed by atoms with E-state index in [9.17, 15) is 0 Å². The van der Waals surface area contributed by atoms with Gasteiger partial charge in [0, 0.05) is 29.2 Å². The molecule has 1 aliphatic carbocycles. The molecule has 0 radical (unpaired) electrons. The standard InChI is InChI=1S/C13H18BrN3O/c1-7-5-8(14)6-16-13(7)17-11-10(15)9-3-2-4-18-12(9)11/h5-6,9-12H,2-4,15H2,1H3,(H,16,17). The first-order valence-corrected chi connectivity index (χ1v) is 7.22. The molecule has 2 heterocycles. The van der Waals surface area contributed by atoms with E-state index in [4.69, 9.17) is 10.5 Å². The van der Waals surface area contributed by atoms with Gasteiger partial charge in [0.15, 0.2) is 0 Å². The van der Waals surface area contributed by atoms with Crippen molar-refractivity contribution in [2.75, 3.05) is 11.9 Å². The first-order chi connectivity index (χ1) is 8.66. The Balaban J connectivity index is 1.73. The molecule has 1 saturated heterocycles. The van der Waals surface area contributed by atoms with Gasteiger partial charge < -0.3 is 15.8 Å². The van der Waals surface area contributed by atoms with Gasteiger partial charge in [-0.05, 0) is 47.3 Å².